The van der Waals surface area contributed by atoms with Gasteiger partial charge in [0.25, 0.3) is 0 Å². The van der Waals surface area contributed by atoms with Gasteiger partial charge in [-0.25, -0.2) is 0 Å². The Morgan fingerprint density at radius 2 is 0.435 bits per heavy atom. The van der Waals surface area contributed by atoms with E-state index in [9.17, 15) is 0 Å². The molecule has 0 saturated heterocycles. The van der Waals surface area contributed by atoms with Crippen LogP contribution in [0.1, 0.15) is 147 Å². The molecule has 0 nitrogen and oxygen atoms in total. The molecule has 0 aromatic heterocycles. The highest BCUT2D eigenvalue weighted by molar-refractivity contribution is 5.51. The van der Waals surface area contributed by atoms with Gasteiger partial charge in [-0.1, -0.05) is 283 Å². The highest BCUT2D eigenvalue weighted by Gasteiger charge is 2.36. The second-order valence-electron chi connectivity index (χ2n) is 17.8. The predicted octanol–water partition coefficient (Wildman–Crippen LogP) is 17.1. The van der Waals surface area contributed by atoms with Gasteiger partial charge >= 0.3 is 0 Å². The third-order valence-corrected chi connectivity index (χ3v) is 13.6. The van der Waals surface area contributed by atoms with Crippen LogP contribution in [0.3, 0.4) is 0 Å². The maximum Gasteiger partial charge on any atom is 0.0451 e. The van der Waals surface area contributed by atoms with Crippen molar-refractivity contribution in [3.63, 3.8) is 0 Å². The van der Waals surface area contributed by atoms with Crippen LogP contribution in [-0.2, 0) is 23.7 Å². The molecular weight excluding hydrogens is 745 g/mol. The smallest absolute Gasteiger partial charge is 0.0451 e. The van der Waals surface area contributed by atoms with Crippen molar-refractivity contribution >= 4 is 0 Å². The summed E-state index contributed by atoms with van der Waals surface area (Å²) in [5.74, 6) is 0. The van der Waals surface area contributed by atoms with Gasteiger partial charge in [-0.2, -0.15) is 0 Å². The van der Waals surface area contributed by atoms with Gasteiger partial charge < -0.3 is 0 Å². The fraction of sp³-hybridized carbons (Fsp3) is 0.323. The molecule has 0 spiro atoms. The van der Waals surface area contributed by atoms with Crippen LogP contribution in [0.5, 0.6) is 0 Å². The maximum atomic E-state index is 2.50. The monoisotopic (exact) mass is 815 g/mol. The van der Waals surface area contributed by atoms with Crippen LogP contribution in [0.25, 0.3) is 0 Å². The second kappa shape index (κ2) is 24.2. The lowest BCUT2D eigenvalue weighted by atomic mass is 9.66. The van der Waals surface area contributed by atoms with Crippen molar-refractivity contribution in [1.82, 2.24) is 0 Å². The molecule has 0 aliphatic rings. The van der Waals surface area contributed by atoms with Gasteiger partial charge in [-0.05, 0) is 83.0 Å². The van der Waals surface area contributed by atoms with E-state index in [-0.39, 0.29) is 10.8 Å². The van der Waals surface area contributed by atoms with Crippen molar-refractivity contribution in [3.05, 3.63) is 251 Å². The largest absolute Gasteiger partial charge is 0.0622 e. The van der Waals surface area contributed by atoms with Crippen molar-refractivity contribution in [3.8, 4) is 0 Å². The molecule has 0 atom stereocenters. The van der Waals surface area contributed by atoms with E-state index in [0.29, 0.717) is 0 Å². The molecule has 0 bridgehead atoms. The minimum absolute atomic E-state index is 0.122. The number of unbranched alkanes of at least 4 members (excludes halogenated alkanes) is 12. The lowest BCUT2D eigenvalue weighted by Crippen LogP contribution is -2.29. The summed E-state index contributed by atoms with van der Waals surface area (Å²) in [6.45, 7) is 0. The average molecular weight is 815 g/mol. The first kappa shape index (κ1) is 44.6. The summed E-state index contributed by atoms with van der Waals surface area (Å²) < 4.78 is 0. The molecule has 318 valence electrons. The van der Waals surface area contributed by atoms with Crippen LogP contribution < -0.4 is 0 Å². The number of rotatable bonds is 26. The molecule has 7 aromatic rings. The summed E-state index contributed by atoms with van der Waals surface area (Å²) in [5.41, 5.74) is 11.2. The Bertz CT molecular complexity index is 1870. The Hall–Kier alpha value is -5.46. The first-order chi connectivity index (χ1) is 30.8. The number of hydrogen-bond donors (Lipinski definition) is 0. The summed E-state index contributed by atoms with van der Waals surface area (Å²) in [7, 11) is 0. The maximum absolute atomic E-state index is 2.50. The summed E-state index contributed by atoms with van der Waals surface area (Å²) in [6.07, 6.45) is 23.0. The summed E-state index contributed by atoms with van der Waals surface area (Å²) >= 11 is 0. The Morgan fingerprint density at radius 1 is 0.210 bits per heavy atom. The minimum Gasteiger partial charge on any atom is -0.0622 e. The molecule has 7 rings (SSSR count). The Balaban J connectivity index is 0.781. The third-order valence-electron chi connectivity index (χ3n) is 13.6. The zero-order valence-corrected chi connectivity index (χ0v) is 37.4. The summed E-state index contributed by atoms with van der Waals surface area (Å²) in [5, 5.41) is 0. The second-order valence-corrected chi connectivity index (χ2v) is 17.8. The highest BCUT2D eigenvalue weighted by Crippen LogP contribution is 2.45. The third kappa shape index (κ3) is 11.9. The lowest BCUT2D eigenvalue weighted by Gasteiger charge is -2.36. The predicted molar refractivity (Wildman–Crippen MR) is 266 cm³/mol. The molecule has 0 aliphatic heterocycles. The quantitative estimate of drug-likeness (QED) is 0.0377. The topological polar surface area (TPSA) is 0 Å². The van der Waals surface area contributed by atoms with Gasteiger partial charge in [0.2, 0.25) is 0 Å². The van der Waals surface area contributed by atoms with E-state index in [1.54, 1.807) is 0 Å². The van der Waals surface area contributed by atoms with Crippen molar-refractivity contribution in [2.45, 2.75) is 126 Å². The van der Waals surface area contributed by atoms with Crippen molar-refractivity contribution < 1.29 is 0 Å². The Kier molecular flexibility index (Phi) is 17.4. The molecule has 0 heteroatoms. The molecule has 0 saturated carbocycles. The van der Waals surface area contributed by atoms with Gasteiger partial charge in [-0.15, -0.1) is 0 Å². The van der Waals surface area contributed by atoms with Gasteiger partial charge in [0.1, 0.15) is 0 Å². The first-order valence-corrected chi connectivity index (χ1v) is 24.2. The molecule has 0 N–H and O–H groups in total. The van der Waals surface area contributed by atoms with Gasteiger partial charge in [0.05, 0.1) is 0 Å². The number of hydrogen-bond acceptors (Lipinski definition) is 0. The standard InChI is InChI=1S/C62H70/c1(5-9-31-50-61(55-38-19-11-20-39-55,56-40-21-12-22-41-56)57-42-23-13-24-43-57)3-7-17-34-53-36-33-37-54(52-53)35-18-8-4-2-6-10-32-51-62(58-44-25-14-26-45-58,59-46-27-15-28-47-59)60-48-29-16-30-49-60/h11-16,19-30,33,36-49,52H,1-10,17-18,31-32,34-35,50-51H2. The lowest BCUT2D eigenvalue weighted by molar-refractivity contribution is 0.495. The molecule has 0 amide bonds. The van der Waals surface area contributed by atoms with E-state index in [0.717, 1.165) is 12.8 Å². The van der Waals surface area contributed by atoms with E-state index < -0.39 is 0 Å². The fourth-order valence-electron chi connectivity index (χ4n) is 10.3. The van der Waals surface area contributed by atoms with Crippen LogP contribution in [0.4, 0.5) is 0 Å². The SMILES string of the molecule is c1ccc(C(CCCCCCCCCc2cccc(CCCCCCCCCC(c3ccccc3)(c3ccccc3)c3ccccc3)c2)(c2ccccc2)c2ccccc2)cc1. The van der Waals surface area contributed by atoms with Crippen LogP contribution in [0.2, 0.25) is 0 Å². The molecule has 0 aliphatic carbocycles. The van der Waals surface area contributed by atoms with Crippen LogP contribution in [-0.4, -0.2) is 0 Å². The average Bonchev–Trinajstić information content (AvgIpc) is 3.35. The molecule has 0 fully saturated rings. The van der Waals surface area contributed by atoms with Gasteiger partial charge in [0, 0.05) is 10.8 Å². The minimum atomic E-state index is -0.122. The number of benzene rings is 7. The van der Waals surface area contributed by atoms with Gasteiger partial charge in [0.15, 0.2) is 0 Å². The molecular formula is C62H70. The summed E-state index contributed by atoms with van der Waals surface area (Å²) in [4.78, 5) is 0. The van der Waals surface area contributed by atoms with E-state index in [4.69, 9.17) is 0 Å². The van der Waals surface area contributed by atoms with Crippen LogP contribution in [0.15, 0.2) is 206 Å². The van der Waals surface area contributed by atoms with E-state index in [1.165, 1.54) is 147 Å². The molecule has 0 heterocycles. The number of aryl methyl sites for hydroxylation is 2. The van der Waals surface area contributed by atoms with E-state index in [2.05, 4.69) is 206 Å². The van der Waals surface area contributed by atoms with E-state index in [1.807, 2.05) is 0 Å². The molecule has 0 unspecified atom stereocenters. The van der Waals surface area contributed by atoms with E-state index >= 15 is 0 Å². The first-order valence-electron chi connectivity index (χ1n) is 24.2. The summed E-state index contributed by atoms with van der Waals surface area (Å²) in [6, 6.07) is 76.7. The Morgan fingerprint density at radius 3 is 0.694 bits per heavy atom. The molecule has 7 aromatic carbocycles. The van der Waals surface area contributed by atoms with Crippen molar-refractivity contribution in [2.75, 3.05) is 0 Å². The molecule has 62 heavy (non-hydrogen) atoms. The van der Waals surface area contributed by atoms with Crippen LogP contribution >= 0.6 is 0 Å². The van der Waals surface area contributed by atoms with Gasteiger partial charge in [-0.3, -0.25) is 0 Å². The molecule has 0 radical (unpaired) electrons. The Labute approximate surface area is 375 Å². The van der Waals surface area contributed by atoms with Crippen molar-refractivity contribution in [2.24, 2.45) is 0 Å². The van der Waals surface area contributed by atoms with Crippen molar-refractivity contribution in [1.29, 1.82) is 0 Å². The zero-order chi connectivity index (χ0) is 42.4. The fourth-order valence-corrected chi connectivity index (χ4v) is 10.3. The van der Waals surface area contributed by atoms with Crippen LogP contribution in [0, 0.1) is 0 Å². The highest BCUT2D eigenvalue weighted by atomic mass is 14.4. The zero-order valence-electron chi connectivity index (χ0n) is 37.4. The normalized spacial score (nSPS) is 11.7.